The van der Waals surface area contributed by atoms with E-state index in [-0.39, 0.29) is 0 Å². The Balaban J connectivity index is 1.61. The van der Waals surface area contributed by atoms with Crippen molar-refractivity contribution in [2.24, 2.45) is 5.92 Å². The maximum atomic E-state index is 11.0. The first-order valence-corrected chi connectivity index (χ1v) is 7.83. The largest absolute Gasteiger partial charge is 0.465 e. The van der Waals surface area contributed by atoms with Gasteiger partial charge in [-0.2, -0.15) is 0 Å². The van der Waals surface area contributed by atoms with Gasteiger partial charge in [0.25, 0.3) is 0 Å². The van der Waals surface area contributed by atoms with Crippen molar-refractivity contribution in [3.05, 3.63) is 30.1 Å². The molecule has 0 atom stereocenters. The van der Waals surface area contributed by atoms with E-state index >= 15 is 0 Å². The van der Waals surface area contributed by atoms with E-state index in [1.807, 2.05) is 12.3 Å². The lowest BCUT2D eigenvalue weighted by Crippen LogP contribution is -2.46. The van der Waals surface area contributed by atoms with Crippen molar-refractivity contribution in [1.29, 1.82) is 0 Å². The highest BCUT2D eigenvalue weighted by atomic mass is 16.4. The van der Waals surface area contributed by atoms with Crippen LogP contribution in [0.2, 0.25) is 0 Å². The molecule has 0 radical (unpaired) electrons. The number of hydrogen-bond donors (Lipinski definition) is 1. The third-order valence-electron chi connectivity index (χ3n) is 4.55. The van der Waals surface area contributed by atoms with Crippen molar-refractivity contribution < 1.29 is 9.90 Å². The molecule has 1 aliphatic carbocycles. The molecule has 2 heterocycles. The van der Waals surface area contributed by atoms with E-state index in [1.165, 1.54) is 23.3 Å². The van der Waals surface area contributed by atoms with Gasteiger partial charge in [-0.05, 0) is 43.2 Å². The van der Waals surface area contributed by atoms with Crippen molar-refractivity contribution in [3.63, 3.8) is 0 Å². The fraction of sp³-hybridized carbons (Fsp3) is 0.625. The lowest BCUT2D eigenvalue weighted by molar-refractivity contribution is 0.0885. The van der Waals surface area contributed by atoms with E-state index in [0.717, 1.165) is 31.8 Å². The van der Waals surface area contributed by atoms with Gasteiger partial charge < -0.3 is 10.0 Å². The van der Waals surface area contributed by atoms with Gasteiger partial charge in [0.2, 0.25) is 0 Å². The fourth-order valence-electron chi connectivity index (χ4n) is 3.12. The van der Waals surface area contributed by atoms with E-state index < -0.39 is 6.09 Å². The average molecular weight is 289 g/mol. The van der Waals surface area contributed by atoms with Crippen LogP contribution in [0.3, 0.4) is 0 Å². The number of carboxylic acid groups (broad SMARTS) is 1. The minimum atomic E-state index is -0.783. The molecule has 0 spiro atoms. The fourth-order valence-corrected chi connectivity index (χ4v) is 3.12. The van der Waals surface area contributed by atoms with E-state index in [9.17, 15) is 4.79 Å². The van der Waals surface area contributed by atoms with Crippen LogP contribution < -0.4 is 0 Å². The molecule has 0 bridgehead atoms. The van der Waals surface area contributed by atoms with Crippen LogP contribution in [0.4, 0.5) is 4.79 Å². The van der Waals surface area contributed by atoms with Crippen LogP contribution in [0.25, 0.3) is 0 Å². The molecule has 5 heteroatoms. The van der Waals surface area contributed by atoms with Crippen molar-refractivity contribution >= 4 is 6.09 Å². The van der Waals surface area contributed by atoms with Crippen molar-refractivity contribution in [3.8, 4) is 0 Å². The second-order valence-electron chi connectivity index (χ2n) is 6.23. The number of piperidine rings is 1. The number of likely N-dealkylation sites (tertiary alicyclic amines) is 1. The molecular formula is C16H23N3O2. The molecule has 1 saturated carbocycles. The zero-order valence-electron chi connectivity index (χ0n) is 12.3. The summed E-state index contributed by atoms with van der Waals surface area (Å²) >= 11 is 0. The van der Waals surface area contributed by atoms with Crippen LogP contribution in [0.5, 0.6) is 0 Å². The summed E-state index contributed by atoms with van der Waals surface area (Å²) < 4.78 is 0. The minimum Gasteiger partial charge on any atom is -0.465 e. The number of amides is 1. The second kappa shape index (κ2) is 6.43. The van der Waals surface area contributed by atoms with Gasteiger partial charge in [-0.25, -0.2) is 4.79 Å². The highest BCUT2D eigenvalue weighted by Crippen LogP contribution is 2.32. The molecule has 1 aliphatic heterocycles. The SMILES string of the molecule is O=C(O)N1CCC(N(Cc2cccnc2)CC2CC2)CC1. The van der Waals surface area contributed by atoms with E-state index in [1.54, 1.807) is 6.20 Å². The van der Waals surface area contributed by atoms with Gasteiger partial charge in [0.05, 0.1) is 0 Å². The molecule has 21 heavy (non-hydrogen) atoms. The van der Waals surface area contributed by atoms with Gasteiger partial charge in [-0.15, -0.1) is 0 Å². The molecule has 0 aromatic carbocycles. The Morgan fingerprint density at radius 2 is 2.10 bits per heavy atom. The number of aromatic nitrogens is 1. The van der Waals surface area contributed by atoms with Crippen molar-refractivity contribution in [2.75, 3.05) is 19.6 Å². The van der Waals surface area contributed by atoms with E-state index in [2.05, 4.69) is 16.0 Å². The Morgan fingerprint density at radius 3 is 2.67 bits per heavy atom. The highest BCUT2D eigenvalue weighted by molar-refractivity contribution is 5.65. The summed E-state index contributed by atoms with van der Waals surface area (Å²) in [5.74, 6) is 0.846. The zero-order valence-corrected chi connectivity index (χ0v) is 12.3. The molecule has 5 nitrogen and oxygen atoms in total. The first-order valence-electron chi connectivity index (χ1n) is 7.83. The Kier molecular flexibility index (Phi) is 4.39. The molecule has 2 aliphatic rings. The van der Waals surface area contributed by atoms with Gasteiger partial charge in [-0.3, -0.25) is 9.88 Å². The Labute approximate surface area is 125 Å². The molecule has 1 amide bonds. The number of hydrogen-bond acceptors (Lipinski definition) is 3. The van der Waals surface area contributed by atoms with Crippen molar-refractivity contribution in [2.45, 2.75) is 38.3 Å². The summed E-state index contributed by atoms with van der Waals surface area (Å²) in [5, 5.41) is 9.06. The molecule has 114 valence electrons. The van der Waals surface area contributed by atoms with Gasteiger partial charge >= 0.3 is 6.09 Å². The lowest BCUT2D eigenvalue weighted by Gasteiger charge is -2.37. The summed E-state index contributed by atoms with van der Waals surface area (Å²) in [6, 6.07) is 4.61. The minimum absolute atomic E-state index is 0.501. The van der Waals surface area contributed by atoms with E-state index in [0.29, 0.717) is 19.1 Å². The summed E-state index contributed by atoms with van der Waals surface area (Å²) in [7, 11) is 0. The normalized spacial score (nSPS) is 20.0. The smallest absolute Gasteiger partial charge is 0.407 e. The molecular weight excluding hydrogens is 266 g/mol. The second-order valence-corrected chi connectivity index (χ2v) is 6.23. The van der Waals surface area contributed by atoms with Gasteiger partial charge in [0, 0.05) is 44.6 Å². The first kappa shape index (κ1) is 14.3. The Morgan fingerprint density at radius 1 is 1.33 bits per heavy atom. The molecule has 0 unspecified atom stereocenters. The Bertz CT molecular complexity index is 468. The summed E-state index contributed by atoms with van der Waals surface area (Å²) in [6.07, 6.45) is 7.54. The third-order valence-corrected chi connectivity index (χ3v) is 4.55. The van der Waals surface area contributed by atoms with Gasteiger partial charge in [0.15, 0.2) is 0 Å². The van der Waals surface area contributed by atoms with Crippen molar-refractivity contribution in [1.82, 2.24) is 14.8 Å². The molecule has 1 aromatic heterocycles. The molecule has 2 fully saturated rings. The predicted octanol–water partition coefficient (Wildman–Crippen LogP) is 2.44. The lowest BCUT2D eigenvalue weighted by atomic mass is 10.0. The van der Waals surface area contributed by atoms with E-state index in [4.69, 9.17) is 5.11 Å². The number of nitrogens with zero attached hydrogens (tertiary/aromatic N) is 3. The standard InChI is InChI=1S/C16H23N3O2/c20-16(21)18-8-5-15(6-9-18)19(11-13-3-4-13)12-14-2-1-7-17-10-14/h1-2,7,10,13,15H,3-6,8-9,11-12H2,(H,20,21). The summed E-state index contributed by atoms with van der Waals surface area (Å²) in [6.45, 7) is 3.40. The van der Waals surface area contributed by atoms with Crippen LogP contribution >= 0.6 is 0 Å². The van der Waals surface area contributed by atoms with Gasteiger partial charge in [-0.1, -0.05) is 6.07 Å². The maximum Gasteiger partial charge on any atom is 0.407 e. The monoisotopic (exact) mass is 289 g/mol. The first-order chi connectivity index (χ1) is 10.2. The zero-order chi connectivity index (χ0) is 14.7. The summed E-state index contributed by atoms with van der Waals surface area (Å²) in [4.78, 5) is 19.3. The quantitative estimate of drug-likeness (QED) is 0.904. The van der Waals surface area contributed by atoms with Gasteiger partial charge in [0.1, 0.15) is 0 Å². The third kappa shape index (κ3) is 3.94. The Hall–Kier alpha value is -1.62. The van der Waals surface area contributed by atoms with Crippen LogP contribution in [0.15, 0.2) is 24.5 Å². The number of pyridine rings is 1. The molecule has 1 saturated heterocycles. The molecule has 1 aromatic rings. The van der Waals surface area contributed by atoms with Crippen LogP contribution in [0, 0.1) is 5.92 Å². The number of carbonyl (C=O) groups is 1. The predicted molar refractivity (Wildman–Crippen MR) is 80.0 cm³/mol. The topological polar surface area (TPSA) is 56.7 Å². The molecule has 3 rings (SSSR count). The van der Waals surface area contributed by atoms with Crippen LogP contribution in [-0.2, 0) is 6.54 Å². The average Bonchev–Trinajstić information content (AvgIpc) is 3.32. The number of rotatable bonds is 5. The summed E-state index contributed by atoms with van der Waals surface area (Å²) in [5.41, 5.74) is 1.25. The maximum absolute atomic E-state index is 11.0. The highest BCUT2D eigenvalue weighted by Gasteiger charge is 2.31. The molecule has 1 N–H and O–H groups in total. The van der Waals surface area contributed by atoms with Crippen LogP contribution in [0.1, 0.15) is 31.2 Å². The van der Waals surface area contributed by atoms with Crippen LogP contribution in [-0.4, -0.2) is 51.7 Å².